The fourth-order valence-electron chi connectivity index (χ4n) is 2.17. The number of aromatic nitrogens is 2. The summed E-state index contributed by atoms with van der Waals surface area (Å²) in [7, 11) is 1.31. The van der Waals surface area contributed by atoms with Gasteiger partial charge in [-0.05, 0) is 31.5 Å². The Morgan fingerprint density at radius 2 is 2.22 bits per heavy atom. The highest BCUT2D eigenvalue weighted by molar-refractivity contribution is 7.99. The quantitative estimate of drug-likeness (QED) is 0.494. The van der Waals surface area contributed by atoms with Crippen LogP contribution in [-0.4, -0.2) is 39.6 Å². The maximum absolute atomic E-state index is 12.7. The monoisotopic (exact) mass is 336 g/mol. The topological polar surface area (TPSA) is 81.4 Å². The molecule has 1 aromatic heterocycles. The Morgan fingerprint density at radius 1 is 1.48 bits per heavy atom. The third kappa shape index (κ3) is 3.92. The number of thioether (sulfide) groups is 1. The van der Waals surface area contributed by atoms with Gasteiger partial charge in [-0.2, -0.15) is 0 Å². The van der Waals surface area contributed by atoms with Crippen LogP contribution in [0.15, 0.2) is 28.2 Å². The van der Waals surface area contributed by atoms with Crippen molar-refractivity contribution in [1.82, 2.24) is 9.55 Å². The lowest BCUT2D eigenvalue weighted by Gasteiger charge is -2.14. The number of fused-ring (bicyclic) bond motifs is 1. The van der Waals surface area contributed by atoms with Crippen LogP contribution >= 0.6 is 11.8 Å². The summed E-state index contributed by atoms with van der Waals surface area (Å²) in [6, 6.07) is 4.68. The molecule has 23 heavy (non-hydrogen) atoms. The molecule has 0 unspecified atom stereocenters. The standard InChI is InChI=1S/C16H20N2O4S/c1-4-7-23-16-17-13-8-11(15(21)22-3)5-6-12(13)14(20)18(16)9-10(2)19/h5-6,8,10,19H,4,7,9H2,1-3H3/t10-/m0/s1. The van der Waals surface area contributed by atoms with Crippen molar-refractivity contribution in [3.63, 3.8) is 0 Å². The Hall–Kier alpha value is -1.86. The van der Waals surface area contributed by atoms with Crippen LogP contribution in [0.3, 0.4) is 0 Å². The Kier molecular flexibility index (Phi) is 5.79. The van der Waals surface area contributed by atoms with Crippen LogP contribution in [0.1, 0.15) is 30.6 Å². The number of carbonyl (C=O) groups excluding carboxylic acids is 1. The number of hydrogen-bond acceptors (Lipinski definition) is 6. The molecule has 0 amide bonds. The number of nitrogens with zero attached hydrogens (tertiary/aromatic N) is 2. The maximum Gasteiger partial charge on any atom is 0.337 e. The minimum Gasteiger partial charge on any atom is -0.465 e. The number of benzene rings is 1. The van der Waals surface area contributed by atoms with Gasteiger partial charge in [0.1, 0.15) is 0 Å². The van der Waals surface area contributed by atoms with E-state index in [1.165, 1.54) is 23.4 Å². The summed E-state index contributed by atoms with van der Waals surface area (Å²) in [5.74, 6) is 0.346. The smallest absolute Gasteiger partial charge is 0.337 e. The number of rotatable bonds is 6. The first-order chi connectivity index (χ1) is 11.0. The average Bonchev–Trinajstić information content (AvgIpc) is 2.54. The summed E-state index contributed by atoms with van der Waals surface area (Å²) < 4.78 is 6.19. The van der Waals surface area contributed by atoms with Crippen LogP contribution in [0.5, 0.6) is 0 Å². The van der Waals surface area contributed by atoms with Crippen molar-refractivity contribution in [1.29, 1.82) is 0 Å². The summed E-state index contributed by atoms with van der Waals surface area (Å²) >= 11 is 1.46. The normalized spacial score (nSPS) is 12.3. The predicted molar refractivity (Wildman–Crippen MR) is 90.0 cm³/mol. The zero-order valence-electron chi connectivity index (χ0n) is 13.4. The molecule has 1 heterocycles. The van der Waals surface area contributed by atoms with Gasteiger partial charge in [-0.3, -0.25) is 9.36 Å². The molecule has 0 fully saturated rings. The van der Waals surface area contributed by atoms with E-state index >= 15 is 0 Å². The number of carbonyl (C=O) groups is 1. The molecule has 2 rings (SSSR count). The maximum atomic E-state index is 12.7. The van der Waals surface area contributed by atoms with Crippen LogP contribution in [0.25, 0.3) is 10.9 Å². The Morgan fingerprint density at radius 3 is 2.83 bits per heavy atom. The van der Waals surface area contributed by atoms with Gasteiger partial charge >= 0.3 is 5.97 Å². The molecule has 0 aliphatic carbocycles. The molecule has 1 atom stereocenters. The van der Waals surface area contributed by atoms with Crippen molar-refractivity contribution in [2.24, 2.45) is 0 Å². The second-order valence-electron chi connectivity index (χ2n) is 5.23. The highest BCUT2D eigenvalue weighted by atomic mass is 32.2. The number of hydrogen-bond donors (Lipinski definition) is 1. The van der Waals surface area contributed by atoms with E-state index in [9.17, 15) is 14.7 Å². The molecule has 0 spiro atoms. The van der Waals surface area contributed by atoms with Crippen molar-refractivity contribution in [3.05, 3.63) is 34.1 Å². The molecule has 0 aliphatic rings. The van der Waals surface area contributed by atoms with Gasteiger partial charge in [-0.1, -0.05) is 18.7 Å². The predicted octanol–water partition coefficient (Wildman–Crippen LogP) is 2.07. The van der Waals surface area contributed by atoms with Crippen molar-refractivity contribution in [3.8, 4) is 0 Å². The molecular weight excluding hydrogens is 316 g/mol. The van der Waals surface area contributed by atoms with Gasteiger partial charge < -0.3 is 9.84 Å². The number of ether oxygens (including phenoxy) is 1. The second kappa shape index (κ2) is 7.61. The highest BCUT2D eigenvalue weighted by Crippen LogP contribution is 2.20. The lowest BCUT2D eigenvalue weighted by Crippen LogP contribution is -2.28. The lowest BCUT2D eigenvalue weighted by atomic mass is 10.1. The molecule has 7 heteroatoms. The van der Waals surface area contributed by atoms with E-state index in [0.717, 1.165) is 12.2 Å². The largest absolute Gasteiger partial charge is 0.465 e. The average molecular weight is 336 g/mol. The molecule has 124 valence electrons. The fraction of sp³-hybridized carbons (Fsp3) is 0.438. The first-order valence-corrected chi connectivity index (χ1v) is 8.40. The van der Waals surface area contributed by atoms with Crippen molar-refractivity contribution in [2.75, 3.05) is 12.9 Å². The van der Waals surface area contributed by atoms with Gasteiger partial charge in [-0.15, -0.1) is 0 Å². The Labute approximate surface area is 138 Å². The molecular formula is C16H20N2O4S. The number of esters is 1. The minimum atomic E-state index is -0.651. The first kappa shape index (κ1) is 17.5. The molecule has 2 aromatic rings. The van der Waals surface area contributed by atoms with Gasteiger partial charge in [-0.25, -0.2) is 9.78 Å². The Balaban J connectivity index is 2.62. The van der Waals surface area contributed by atoms with Gasteiger partial charge in [0.05, 0.1) is 36.2 Å². The SMILES string of the molecule is CCCSc1nc2cc(C(=O)OC)ccc2c(=O)n1C[C@H](C)O. The first-order valence-electron chi connectivity index (χ1n) is 7.41. The number of methoxy groups -OCH3 is 1. The van der Waals surface area contributed by atoms with Crippen LogP contribution in [0.4, 0.5) is 0 Å². The third-order valence-electron chi connectivity index (χ3n) is 3.22. The zero-order valence-corrected chi connectivity index (χ0v) is 14.2. The molecule has 0 bridgehead atoms. The van der Waals surface area contributed by atoms with Gasteiger partial charge in [0.15, 0.2) is 5.16 Å². The summed E-state index contributed by atoms with van der Waals surface area (Å²) in [5, 5.41) is 10.6. The van der Waals surface area contributed by atoms with Crippen LogP contribution < -0.4 is 5.56 Å². The molecule has 0 radical (unpaired) electrons. The van der Waals surface area contributed by atoms with Crippen molar-refractivity contribution >= 4 is 28.6 Å². The van der Waals surface area contributed by atoms with Gasteiger partial charge in [0.2, 0.25) is 0 Å². The van der Waals surface area contributed by atoms with E-state index < -0.39 is 12.1 Å². The van der Waals surface area contributed by atoms with Crippen LogP contribution in [0.2, 0.25) is 0 Å². The summed E-state index contributed by atoms with van der Waals surface area (Å²) in [6.45, 7) is 3.86. The van der Waals surface area contributed by atoms with E-state index in [1.807, 2.05) is 6.92 Å². The zero-order chi connectivity index (χ0) is 17.0. The Bertz CT molecular complexity index is 770. The van der Waals surface area contributed by atoms with E-state index in [2.05, 4.69) is 4.98 Å². The van der Waals surface area contributed by atoms with E-state index in [1.54, 1.807) is 25.1 Å². The molecule has 1 aromatic carbocycles. The van der Waals surface area contributed by atoms with Gasteiger partial charge in [0.25, 0.3) is 5.56 Å². The lowest BCUT2D eigenvalue weighted by molar-refractivity contribution is 0.0601. The molecule has 0 aliphatic heterocycles. The van der Waals surface area contributed by atoms with E-state index in [-0.39, 0.29) is 12.1 Å². The van der Waals surface area contributed by atoms with Crippen LogP contribution in [-0.2, 0) is 11.3 Å². The summed E-state index contributed by atoms with van der Waals surface area (Å²) in [4.78, 5) is 28.8. The number of aliphatic hydroxyl groups excluding tert-OH is 1. The molecule has 6 nitrogen and oxygen atoms in total. The second-order valence-corrected chi connectivity index (χ2v) is 6.29. The fourth-order valence-corrected chi connectivity index (χ4v) is 3.04. The van der Waals surface area contributed by atoms with Gasteiger partial charge in [0, 0.05) is 5.75 Å². The molecule has 0 saturated heterocycles. The van der Waals surface area contributed by atoms with E-state index in [0.29, 0.717) is 21.6 Å². The highest BCUT2D eigenvalue weighted by Gasteiger charge is 2.15. The van der Waals surface area contributed by atoms with Crippen molar-refractivity contribution < 1.29 is 14.6 Å². The summed E-state index contributed by atoms with van der Waals surface area (Å²) in [6.07, 6.45) is 0.289. The van der Waals surface area contributed by atoms with E-state index in [4.69, 9.17) is 4.74 Å². The third-order valence-corrected chi connectivity index (χ3v) is 4.41. The van der Waals surface area contributed by atoms with Crippen molar-refractivity contribution in [2.45, 2.75) is 38.1 Å². The van der Waals surface area contributed by atoms with Crippen LogP contribution in [0, 0.1) is 0 Å². The molecule has 1 N–H and O–H groups in total. The minimum absolute atomic E-state index is 0.187. The summed E-state index contributed by atoms with van der Waals surface area (Å²) in [5.41, 5.74) is 0.593. The molecule has 0 saturated carbocycles. The number of aliphatic hydroxyl groups is 1.